The Labute approximate surface area is 172 Å². The Morgan fingerprint density at radius 3 is 2.21 bits per heavy atom. The highest BCUT2D eigenvalue weighted by molar-refractivity contribution is 7.89. The van der Waals surface area contributed by atoms with Crippen molar-refractivity contribution < 1.29 is 18.0 Å². The number of sulfonamides is 1. The fourth-order valence-corrected chi connectivity index (χ4v) is 3.68. The number of amides is 2. The molecule has 0 spiro atoms. The molecule has 156 valence electrons. The summed E-state index contributed by atoms with van der Waals surface area (Å²) < 4.78 is 26.8. The number of carbonyl (C=O) groups excluding carboxylic acids is 2. The van der Waals surface area contributed by atoms with Crippen molar-refractivity contribution >= 4 is 27.5 Å². The number of aryl methyl sites for hydroxylation is 3. The maximum Gasteiger partial charge on any atom is 0.243 e. The summed E-state index contributed by atoms with van der Waals surface area (Å²) in [7, 11) is -3.80. The van der Waals surface area contributed by atoms with Gasteiger partial charge in [0.05, 0.1) is 18.0 Å². The quantitative estimate of drug-likeness (QED) is 0.582. The fraction of sp³-hybridized carbons (Fsp3) is 0.333. The molecule has 0 heterocycles. The minimum atomic E-state index is -3.80. The van der Waals surface area contributed by atoms with Crippen molar-refractivity contribution in [3.63, 3.8) is 0 Å². The predicted octanol–water partition coefficient (Wildman–Crippen LogP) is 2.29. The van der Waals surface area contributed by atoms with E-state index in [4.69, 9.17) is 0 Å². The van der Waals surface area contributed by atoms with Crippen LogP contribution in [0.1, 0.15) is 30.0 Å². The van der Waals surface area contributed by atoms with E-state index in [1.807, 2.05) is 38.1 Å². The first-order chi connectivity index (χ1) is 13.7. The summed E-state index contributed by atoms with van der Waals surface area (Å²) >= 11 is 0. The largest absolute Gasteiger partial charge is 0.346 e. The molecule has 3 N–H and O–H groups in total. The standard InChI is InChI=1S/C21H27N3O4S/c1-4-5-17-7-9-18(10-8-17)24-21(26)13-22-20(25)14-23-29(27,28)19-11-6-15(2)16(3)12-19/h6-12,23H,4-5,13-14H2,1-3H3,(H,22,25)(H,24,26). The molecule has 0 saturated carbocycles. The Balaban J connectivity index is 1.80. The van der Waals surface area contributed by atoms with Crippen LogP contribution in [0.25, 0.3) is 0 Å². The zero-order valence-corrected chi connectivity index (χ0v) is 17.7. The van der Waals surface area contributed by atoms with Crippen LogP contribution in [0.2, 0.25) is 0 Å². The Morgan fingerprint density at radius 1 is 0.897 bits per heavy atom. The maximum atomic E-state index is 12.3. The number of hydrogen-bond donors (Lipinski definition) is 3. The van der Waals surface area contributed by atoms with Crippen LogP contribution in [-0.4, -0.2) is 33.3 Å². The van der Waals surface area contributed by atoms with E-state index in [2.05, 4.69) is 22.3 Å². The van der Waals surface area contributed by atoms with Crippen molar-refractivity contribution in [3.8, 4) is 0 Å². The van der Waals surface area contributed by atoms with E-state index in [0.29, 0.717) is 5.69 Å². The van der Waals surface area contributed by atoms with E-state index >= 15 is 0 Å². The molecule has 0 bridgehead atoms. The van der Waals surface area contributed by atoms with Crippen LogP contribution < -0.4 is 15.4 Å². The molecule has 2 aromatic rings. The Bertz CT molecular complexity index is 970. The Morgan fingerprint density at radius 2 is 1.59 bits per heavy atom. The number of rotatable bonds is 9. The second-order valence-electron chi connectivity index (χ2n) is 6.84. The molecule has 0 radical (unpaired) electrons. The summed E-state index contributed by atoms with van der Waals surface area (Å²) in [6.45, 7) is 5.10. The molecule has 2 rings (SSSR count). The molecule has 2 aromatic carbocycles. The molecule has 0 saturated heterocycles. The molecule has 0 aliphatic rings. The molecule has 8 heteroatoms. The lowest BCUT2D eigenvalue weighted by molar-refractivity contribution is -0.123. The van der Waals surface area contributed by atoms with Crippen LogP contribution in [0, 0.1) is 13.8 Å². The number of carbonyl (C=O) groups is 2. The lowest BCUT2D eigenvalue weighted by atomic mass is 10.1. The van der Waals surface area contributed by atoms with Gasteiger partial charge in [0.25, 0.3) is 0 Å². The van der Waals surface area contributed by atoms with Crippen LogP contribution in [0.5, 0.6) is 0 Å². The number of benzene rings is 2. The highest BCUT2D eigenvalue weighted by Crippen LogP contribution is 2.14. The molecular formula is C21H27N3O4S. The second-order valence-corrected chi connectivity index (χ2v) is 8.61. The third kappa shape index (κ3) is 6.99. The molecule has 0 unspecified atom stereocenters. The van der Waals surface area contributed by atoms with Crippen molar-refractivity contribution in [2.45, 2.75) is 38.5 Å². The SMILES string of the molecule is CCCc1ccc(NC(=O)CNC(=O)CNS(=O)(=O)c2ccc(C)c(C)c2)cc1. The summed E-state index contributed by atoms with van der Waals surface area (Å²) in [5.74, 6) is -0.982. The average molecular weight is 418 g/mol. The van der Waals surface area contributed by atoms with Gasteiger partial charge in [0.2, 0.25) is 21.8 Å². The van der Waals surface area contributed by atoms with E-state index < -0.39 is 28.4 Å². The zero-order valence-electron chi connectivity index (χ0n) is 16.9. The zero-order chi connectivity index (χ0) is 21.4. The van der Waals surface area contributed by atoms with Crippen molar-refractivity contribution in [2.24, 2.45) is 0 Å². The van der Waals surface area contributed by atoms with Crippen molar-refractivity contribution in [1.82, 2.24) is 10.0 Å². The minimum Gasteiger partial charge on any atom is -0.346 e. The molecule has 0 aromatic heterocycles. The first kappa shape index (κ1) is 22.6. The van der Waals surface area contributed by atoms with Crippen LogP contribution in [0.3, 0.4) is 0 Å². The van der Waals surface area contributed by atoms with E-state index in [9.17, 15) is 18.0 Å². The number of hydrogen-bond acceptors (Lipinski definition) is 4. The third-order valence-electron chi connectivity index (χ3n) is 4.43. The van der Waals surface area contributed by atoms with Gasteiger partial charge in [-0.25, -0.2) is 13.1 Å². The maximum absolute atomic E-state index is 12.3. The van der Waals surface area contributed by atoms with E-state index in [0.717, 1.165) is 24.0 Å². The van der Waals surface area contributed by atoms with Gasteiger partial charge in [0.1, 0.15) is 0 Å². The van der Waals surface area contributed by atoms with Gasteiger partial charge in [0, 0.05) is 5.69 Å². The molecule has 7 nitrogen and oxygen atoms in total. The molecular weight excluding hydrogens is 390 g/mol. The molecule has 0 fully saturated rings. The highest BCUT2D eigenvalue weighted by Gasteiger charge is 2.16. The molecule has 29 heavy (non-hydrogen) atoms. The predicted molar refractivity (Wildman–Crippen MR) is 113 cm³/mol. The van der Waals surface area contributed by atoms with Gasteiger partial charge >= 0.3 is 0 Å². The number of nitrogens with one attached hydrogen (secondary N) is 3. The summed E-state index contributed by atoms with van der Waals surface area (Å²) in [6.07, 6.45) is 2.02. The van der Waals surface area contributed by atoms with Crippen molar-refractivity contribution in [3.05, 3.63) is 59.2 Å². The first-order valence-electron chi connectivity index (χ1n) is 9.43. The fourth-order valence-electron chi connectivity index (χ4n) is 2.61. The van der Waals surface area contributed by atoms with Gasteiger partial charge in [-0.05, 0) is 61.2 Å². The topological polar surface area (TPSA) is 104 Å². The van der Waals surface area contributed by atoms with E-state index in [1.165, 1.54) is 11.6 Å². The van der Waals surface area contributed by atoms with Crippen LogP contribution in [0.4, 0.5) is 5.69 Å². The lowest BCUT2D eigenvalue weighted by Gasteiger charge is -2.10. The van der Waals surface area contributed by atoms with Gasteiger partial charge < -0.3 is 10.6 Å². The van der Waals surface area contributed by atoms with E-state index in [-0.39, 0.29) is 11.4 Å². The summed E-state index contributed by atoms with van der Waals surface area (Å²) in [5.41, 5.74) is 3.65. The number of anilines is 1. The van der Waals surface area contributed by atoms with Crippen LogP contribution >= 0.6 is 0 Å². The van der Waals surface area contributed by atoms with Gasteiger partial charge in [-0.1, -0.05) is 31.5 Å². The van der Waals surface area contributed by atoms with Crippen LogP contribution in [-0.2, 0) is 26.0 Å². The monoisotopic (exact) mass is 417 g/mol. The summed E-state index contributed by atoms with van der Waals surface area (Å²) in [4.78, 5) is 23.9. The summed E-state index contributed by atoms with van der Waals surface area (Å²) in [5, 5.41) is 5.08. The van der Waals surface area contributed by atoms with Gasteiger partial charge in [-0.2, -0.15) is 0 Å². The Kier molecular flexibility index (Phi) is 7.92. The molecule has 0 aliphatic carbocycles. The van der Waals surface area contributed by atoms with Crippen LogP contribution in [0.15, 0.2) is 47.4 Å². The second kappa shape index (κ2) is 10.2. The summed E-state index contributed by atoms with van der Waals surface area (Å²) in [6, 6.07) is 12.3. The highest BCUT2D eigenvalue weighted by atomic mass is 32.2. The first-order valence-corrected chi connectivity index (χ1v) is 10.9. The minimum absolute atomic E-state index is 0.0951. The normalized spacial score (nSPS) is 11.1. The third-order valence-corrected chi connectivity index (χ3v) is 5.83. The van der Waals surface area contributed by atoms with Gasteiger partial charge in [-0.3, -0.25) is 9.59 Å². The van der Waals surface area contributed by atoms with Gasteiger partial charge in [-0.15, -0.1) is 0 Å². The van der Waals surface area contributed by atoms with Gasteiger partial charge in [0.15, 0.2) is 0 Å². The lowest BCUT2D eigenvalue weighted by Crippen LogP contribution is -2.40. The Hall–Kier alpha value is -2.71. The molecule has 2 amide bonds. The van der Waals surface area contributed by atoms with Crippen molar-refractivity contribution in [1.29, 1.82) is 0 Å². The molecule has 0 atom stereocenters. The smallest absolute Gasteiger partial charge is 0.243 e. The van der Waals surface area contributed by atoms with E-state index in [1.54, 1.807) is 12.1 Å². The average Bonchev–Trinajstić information content (AvgIpc) is 2.68. The molecule has 0 aliphatic heterocycles. The van der Waals surface area contributed by atoms with Crippen molar-refractivity contribution in [2.75, 3.05) is 18.4 Å².